The molecule has 204 valence electrons. The Morgan fingerprint density at radius 3 is 0.727 bits per heavy atom. The minimum absolute atomic E-state index is 0. The van der Waals surface area contributed by atoms with Crippen LogP contribution in [-0.4, -0.2) is 67.3 Å². The molecule has 6 N–H and O–H groups in total. The molecule has 4 atom stereocenters. The van der Waals surface area contributed by atoms with Gasteiger partial charge in [0.15, 0.2) is 0 Å². The molecule has 6 nitrogen and oxygen atoms in total. The van der Waals surface area contributed by atoms with Crippen LogP contribution in [0.25, 0.3) is 0 Å². The third kappa shape index (κ3) is 43.0. The van der Waals surface area contributed by atoms with Crippen molar-refractivity contribution in [3.63, 3.8) is 0 Å². The van der Waals surface area contributed by atoms with Gasteiger partial charge in [-0.15, -0.1) is 0 Å². The molecule has 0 aliphatic heterocycles. The molecule has 0 aromatic carbocycles. The summed E-state index contributed by atoms with van der Waals surface area (Å²) in [5.74, 6) is 0.105. The van der Waals surface area contributed by atoms with Crippen LogP contribution in [-0.2, 0) is 21.7 Å². The molecule has 7 heteroatoms. The molecule has 0 heterocycles. The molecule has 0 bridgehead atoms. The summed E-state index contributed by atoms with van der Waals surface area (Å²) in [5.41, 5.74) is 0. The molecule has 0 spiro atoms. The van der Waals surface area contributed by atoms with Gasteiger partial charge in [-0.1, -0.05) is 52.4 Å². The summed E-state index contributed by atoms with van der Waals surface area (Å²) in [7, 11) is 0. The van der Waals surface area contributed by atoms with E-state index >= 15 is 0 Å². The van der Waals surface area contributed by atoms with Crippen LogP contribution in [0.3, 0.4) is 0 Å². The Bertz CT molecular complexity index is 283. The molecular formula is C26H60O6Ti. The maximum absolute atomic E-state index is 9.32. The fraction of sp³-hybridized carbons (Fsp3) is 1.00. The normalized spacial score (nSPS) is 15.8. The Kier molecular flexibility index (Phi) is 40.2. The Labute approximate surface area is 221 Å². The molecule has 0 aliphatic carbocycles. The van der Waals surface area contributed by atoms with Crippen molar-refractivity contribution in [3.8, 4) is 0 Å². The third-order valence-corrected chi connectivity index (χ3v) is 4.76. The molecule has 0 amide bonds. The quantitative estimate of drug-likeness (QED) is 0.166. The van der Waals surface area contributed by atoms with E-state index in [-0.39, 0.29) is 70.2 Å². The summed E-state index contributed by atoms with van der Waals surface area (Å²) >= 11 is 0. The van der Waals surface area contributed by atoms with Crippen molar-refractivity contribution in [2.45, 2.75) is 157 Å². The molecule has 0 radical (unpaired) electrons. The summed E-state index contributed by atoms with van der Waals surface area (Å²) in [4.78, 5) is 0. The topological polar surface area (TPSA) is 121 Å². The van der Waals surface area contributed by atoms with Gasteiger partial charge in [0.1, 0.15) is 0 Å². The summed E-state index contributed by atoms with van der Waals surface area (Å²) < 4.78 is 0. The van der Waals surface area contributed by atoms with Crippen molar-refractivity contribution >= 4 is 0 Å². The molecule has 0 saturated heterocycles. The van der Waals surface area contributed by atoms with Gasteiger partial charge in [-0.25, -0.2) is 0 Å². The van der Waals surface area contributed by atoms with Gasteiger partial charge in [0, 0.05) is 45.8 Å². The van der Waals surface area contributed by atoms with Crippen molar-refractivity contribution < 1.29 is 52.4 Å². The second-order valence-corrected chi connectivity index (χ2v) is 9.47. The van der Waals surface area contributed by atoms with E-state index in [1.165, 1.54) is 25.7 Å². The van der Waals surface area contributed by atoms with Gasteiger partial charge in [0.05, 0.1) is 24.4 Å². The van der Waals surface area contributed by atoms with E-state index in [2.05, 4.69) is 13.8 Å². The Hall–Kier alpha value is 0.474. The predicted octanol–water partition coefficient (Wildman–Crippen LogP) is 4.66. The zero-order chi connectivity index (χ0) is 26.3. The molecule has 0 aromatic rings. The fourth-order valence-corrected chi connectivity index (χ4v) is 3.03. The fourth-order valence-electron chi connectivity index (χ4n) is 3.03. The van der Waals surface area contributed by atoms with E-state index in [9.17, 15) is 20.4 Å². The van der Waals surface area contributed by atoms with Crippen LogP contribution in [0.2, 0.25) is 0 Å². The molecule has 0 aromatic heterocycles. The number of rotatable bonds is 12. The first-order valence-electron chi connectivity index (χ1n) is 12.7. The molecule has 0 rings (SSSR count). The second kappa shape index (κ2) is 30.5. The van der Waals surface area contributed by atoms with Crippen LogP contribution in [0, 0.1) is 11.8 Å². The van der Waals surface area contributed by atoms with Crippen LogP contribution < -0.4 is 0 Å². The zero-order valence-electron chi connectivity index (χ0n) is 23.5. The van der Waals surface area contributed by atoms with Gasteiger partial charge in [0.25, 0.3) is 0 Å². The van der Waals surface area contributed by atoms with E-state index in [0.717, 1.165) is 25.7 Å². The molecule has 0 aliphatic rings. The SMILES string of the molecule is CC(C)O.CC(C)O.CCCCCC(C(C)O)C(C)O.CCCCCC(C(C)O)C(C)O.[Ti]. The van der Waals surface area contributed by atoms with Gasteiger partial charge in [-0.3, -0.25) is 0 Å². The average molecular weight is 517 g/mol. The number of aliphatic hydroxyl groups is 6. The van der Waals surface area contributed by atoms with Crippen LogP contribution in [0.4, 0.5) is 0 Å². The smallest absolute Gasteiger partial charge is 0.0564 e. The minimum atomic E-state index is -0.387. The molecule has 33 heavy (non-hydrogen) atoms. The van der Waals surface area contributed by atoms with Gasteiger partial charge >= 0.3 is 0 Å². The van der Waals surface area contributed by atoms with Crippen molar-refractivity contribution in [2.24, 2.45) is 11.8 Å². The summed E-state index contributed by atoms with van der Waals surface area (Å²) in [6.07, 6.45) is 6.96. The van der Waals surface area contributed by atoms with Crippen LogP contribution in [0.5, 0.6) is 0 Å². The number of aliphatic hydroxyl groups excluding tert-OH is 6. The first kappa shape index (κ1) is 43.5. The number of hydrogen-bond acceptors (Lipinski definition) is 6. The summed E-state index contributed by atoms with van der Waals surface area (Å²) in [6.45, 7) is 18.2. The molecule has 0 fully saturated rings. The van der Waals surface area contributed by atoms with Crippen molar-refractivity contribution in [3.05, 3.63) is 0 Å². The largest absolute Gasteiger partial charge is 0.394 e. The zero-order valence-corrected chi connectivity index (χ0v) is 25.0. The molecule has 4 unspecified atom stereocenters. The monoisotopic (exact) mass is 516 g/mol. The van der Waals surface area contributed by atoms with E-state index in [1.807, 2.05) is 0 Å². The maximum Gasteiger partial charge on any atom is 0.0564 e. The summed E-state index contributed by atoms with van der Waals surface area (Å²) in [6, 6.07) is 0. The van der Waals surface area contributed by atoms with Crippen molar-refractivity contribution in [2.75, 3.05) is 0 Å². The Morgan fingerprint density at radius 1 is 0.424 bits per heavy atom. The first-order chi connectivity index (χ1) is 14.6. The van der Waals surface area contributed by atoms with Gasteiger partial charge in [-0.05, 0) is 68.2 Å². The van der Waals surface area contributed by atoms with Crippen LogP contribution in [0.1, 0.15) is 121 Å². The van der Waals surface area contributed by atoms with Crippen LogP contribution >= 0.6 is 0 Å². The van der Waals surface area contributed by atoms with Gasteiger partial charge < -0.3 is 30.6 Å². The molecular weight excluding hydrogens is 456 g/mol. The van der Waals surface area contributed by atoms with E-state index in [1.54, 1.807) is 55.4 Å². The van der Waals surface area contributed by atoms with Gasteiger partial charge in [-0.2, -0.15) is 0 Å². The Balaban J connectivity index is -0.000000117. The number of hydrogen-bond donors (Lipinski definition) is 6. The number of unbranched alkanes of at least 4 members (excludes halogenated alkanes) is 4. The van der Waals surface area contributed by atoms with Crippen LogP contribution in [0.15, 0.2) is 0 Å². The summed E-state index contributed by atoms with van der Waals surface area (Å²) in [5, 5.41) is 53.4. The van der Waals surface area contributed by atoms with E-state index < -0.39 is 0 Å². The molecule has 0 saturated carbocycles. The maximum atomic E-state index is 9.32. The first-order valence-corrected chi connectivity index (χ1v) is 12.7. The van der Waals surface area contributed by atoms with Gasteiger partial charge in [0.2, 0.25) is 0 Å². The van der Waals surface area contributed by atoms with E-state index in [0.29, 0.717) is 0 Å². The van der Waals surface area contributed by atoms with E-state index in [4.69, 9.17) is 10.2 Å². The van der Waals surface area contributed by atoms with Crippen molar-refractivity contribution in [1.29, 1.82) is 0 Å². The third-order valence-electron chi connectivity index (χ3n) is 4.76. The Morgan fingerprint density at radius 2 is 0.606 bits per heavy atom. The second-order valence-electron chi connectivity index (χ2n) is 9.47. The van der Waals surface area contributed by atoms with Crippen molar-refractivity contribution in [1.82, 2.24) is 0 Å². The average Bonchev–Trinajstić information content (AvgIpc) is 2.60. The predicted molar refractivity (Wildman–Crippen MR) is 137 cm³/mol. The standard InChI is InChI=1S/2C10H22O2.2C3H8O.Ti/c2*1-4-5-6-7-10(8(2)11)9(3)12;2*1-3(2)4;/h2*8-12H,4-7H2,1-3H3;2*3-4H,1-2H3;. The minimum Gasteiger partial charge on any atom is -0.394 e.